The Bertz CT molecular complexity index is 1160. The molecule has 4 rings (SSSR count). The fraction of sp³-hybridized carbons (Fsp3) is 0.440. The van der Waals surface area contributed by atoms with E-state index in [4.69, 9.17) is 0 Å². The maximum atomic E-state index is 13.4. The lowest BCUT2D eigenvalue weighted by atomic mass is 10.0. The Kier molecular flexibility index (Phi) is 7.35. The third kappa shape index (κ3) is 5.16. The van der Waals surface area contributed by atoms with Gasteiger partial charge in [-0.1, -0.05) is 32.0 Å². The molecule has 0 N–H and O–H groups in total. The summed E-state index contributed by atoms with van der Waals surface area (Å²) in [5.41, 5.74) is 1.22. The van der Waals surface area contributed by atoms with E-state index in [0.717, 1.165) is 23.4 Å². The van der Waals surface area contributed by atoms with Crippen LogP contribution in [0.4, 0.5) is 11.4 Å². The van der Waals surface area contributed by atoms with Crippen LogP contribution < -0.4 is 9.80 Å². The number of sulfonamides is 1. The zero-order chi connectivity index (χ0) is 24.5. The third-order valence-electron chi connectivity index (χ3n) is 6.50. The topological polar surface area (TPSA) is 78.0 Å². The molecule has 1 saturated heterocycles. The second kappa shape index (κ2) is 10.1. The van der Waals surface area contributed by atoms with Crippen molar-refractivity contribution in [3.05, 3.63) is 48.5 Å². The van der Waals surface area contributed by atoms with Crippen molar-refractivity contribution in [3.63, 3.8) is 0 Å². The molecule has 7 nitrogen and oxygen atoms in total. The molecular weight excluding hydrogens is 470 g/mol. The van der Waals surface area contributed by atoms with Gasteiger partial charge in [0.15, 0.2) is 0 Å². The Labute approximate surface area is 206 Å². The predicted molar refractivity (Wildman–Crippen MR) is 136 cm³/mol. The quantitative estimate of drug-likeness (QED) is 0.619. The van der Waals surface area contributed by atoms with Crippen molar-refractivity contribution >= 4 is 45.0 Å². The fourth-order valence-corrected chi connectivity index (χ4v) is 6.89. The average molecular weight is 502 g/mol. The van der Waals surface area contributed by atoms with Gasteiger partial charge in [-0.25, -0.2) is 8.42 Å². The van der Waals surface area contributed by atoms with E-state index in [1.54, 1.807) is 25.2 Å². The molecule has 2 aliphatic rings. The Morgan fingerprint density at radius 3 is 2.44 bits per heavy atom. The van der Waals surface area contributed by atoms with Gasteiger partial charge in [0.1, 0.15) is 6.54 Å². The van der Waals surface area contributed by atoms with Crippen molar-refractivity contribution in [3.8, 4) is 0 Å². The van der Waals surface area contributed by atoms with Gasteiger partial charge in [-0.15, -0.1) is 11.8 Å². The predicted octanol–water partition coefficient (Wildman–Crippen LogP) is 3.99. The number of hydrogen-bond donors (Lipinski definition) is 0. The minimum Gasteiger partial charge on any atom is -0.314 e. The number of benzene rings is 2. The molecule has 0 aromatic heterocycles. The highest BCUT2D eigenvalue weighted by molar-refractivity contribution is 8.00. The van der Waals surface area contributed by atoms with Crippen LogP contribution in [0.1, 0.15) is 33.1 Å². The lowest BCUT2D eigenvalue weighted by molar-refractivity contribution is -0.122. The van der Waals surface area contributed by atoms with Crippen molar-refractivity contribution in [2.24, 2.45) is 5.92 Å². The molecule has 34 heavy (non-hydrogen) atoms. The van der Waals surface area contributed by atoms with Gasteiger partial charge in [0.05, 0.1) is 10.6 Å². The summed E-state index contributed by atoms with van der Waals surface area (Å²) in [6.45, 7) is 4.94. The average Bonchev–Trinajstić information content (AvgIpc) is 2.94. The monoisotopic (exact) mass is 501 g/mol. The van der Waals surface area contributed by atoms with Gasteiger partial charge in [0, 0.05) is 42.4 Å². The van der Waals surface area contributed by atoms with E-state index < -0.39 is 10.0 Å². The van der Waals surface area contributed by atoms with Gasteiger partial charge in [-0.05, 0) is 49.1 Å². The molecule has 9 heteroatoms. The molecule has 0 spiro atoms. The summed E-state index contributed by atoms with van der Waals surface area (Å²) in [6, 6.07) is 14.2. The van der Waals surface area contributed by atoms with Crippen LogP contribution in [0.2, 0.25) is 0 Å². The van der Waals surface area contributed by atoms with Crippen molar-refractivity contribution in [2.75, 3.05) is 36.5 Å². The first-order valence-corrected chi connectivity index (χ1v) is 13.9. The summed E-state index contributed by atoms with van der Waals surface area (Å²) >= 11 is 1.53. The molecule has 2 aliphatic heterocycles. The number of carbonyl (C=O) groups is 2. The molecule has 1 fully saturated rings. The number of para-hydroxylation sites is 1. The number of nitrogens with zero attached hydrogens (tertiary/aromatic N) is 3. The number of amides is 2. The first-order chi connectivity index (χ1) is 16.2. The summed E-state index contributed by atoms with van der Waals surface area (Å²) < 4.78 is 28.3. The fourth-order valence-electron chi connectivity index (χ4n) is 4.30. The van der Waals surface area contributed by atoms with Gasteiger partial charge >= 0.3 is 0 Å². The van der Waals surface area contributed by atoms with Crippen LogP contribution in [-0.4, -0.2) is 56.5 Å². The number of thioether (sulfide) groups is 1. The van der Waals surface area contributed by atoms with Gasteiger partial charge in [-0.2, -0.15) is 4.31 Å². The van der Waals surface area contributed by atoms with Crippen LogP contribution in [0.25, 0.3) is 0 Å². The number of carbonyl (C=O) groups excluding carboxylic acids is 2. The second-order valence-electron chi connectivity index (χ2n) is 9.12. The maximum absolute atomic E-state index is 13.4. The lowest BCUT2D eigenvalue weighted by Crippen LogP contribution is -2.42. The van der Waals surface area contributed by atoms with Gasteiger partial charge in [-0.3, -0.25) is 9.59 Å². The Morgan fingerprint density at radius 2 is 1.76 bits per heavy atom. The largest absolute Gasteiger partial charge is 0.314 e. The Balaban J connectivity index is 1.66. The van der Waals surface area contributed by atoms with Crippen LogP contribution in [0.5, 0.6) is 0 Å². The van der Waals surface area contributed by atoms with Gasteiger partial charge in [0.2, 0.25) is 21.8 Å². The van der Waals surface area contributed by atoms with Crippen molar-refractivity contribution in [2.45, 2.75) is 48.2 Å². The first-order valence-electron chi connectivity index (χ1n) is 11.6. The van der Waals surface area contributed by atoms with E-state index in [1.165, 1.54) is 25.9 Å². The molecule has 2 amide bonds. The van der Waals surface area contributed by atoms with Crippen LogP contribution in [0.15, 0.2) is 58.3 Å². The SMILES string of the molecule is CC1CCN(S(=O)(=O)c2ccc3c(c2)N(CC(=O)N(C)c2ccccc2)C(=O)CC(C)S3)CC1. The maximum Gasteiger partial charge on any atom is 0.246 e. The Hall–Kier alpha value is -2.36. The van der Waals surface area contributed by atoms with Crippen molar-refractivity contribution in [1.82, 2.24) is 4.31 Å². The molecule has 2 aromatic carbocycles. The van der Waals surface area contributed by atoms with Crippen LogP contribution >= 0.6 is 11.8 Å². The van der Waals surface area contributed by atoms with E-state index in [9.17, 15) is 18.0 Å². The highest BCUT2D eigenvalue weighted by Gasteiger charge is 2.33. The number of rotatable bonds is 5. The molecule has 1 atom stereocenters. The lowest BCUT2D eigenvalue weighted by Gasteiger charge is -2.30. The number of piperidine rings is 1. The highest BCUT2D eigenvalue weighted by atomic mass is 32.2. The van der Waals surface area contributed by atoms with Crippen molar-refractivity contribution in [1.29, 1.82) is 0 Å². The molecule has 0 saturated carbocycles. The molecule has 0 aliphatic carbocycles. The summed E-state index contributed by atoms with van der Waals surface area (Å²) in [5, 5.41) is 0.0178. The number of anilines is 2. The van der Waals surface area contributed by atoms with Crippen LogP contribution in [-0.2, 0) is 19.6 Å². The van der Waals surface area contributed by atoms with E-state index in [1.807, 2.05) is 37.3 Å². The molecular formula is C25H31N3O4S2. The minimum absolute atomic E-state index is 0.0178. The summed E-state index contributed by atoms with van der Waals surface area (Å²) in [6.07, 6.45) is 1.94. The number of likely N-dealkylation sites (N-methyl/N-ethyl adjacent to an activating group) is 1. The minimum atomic E-state index is -3.68. The molecule has 2 aromatic rings. The summed E-state index contributed by atoms with van der Waals surface area (Å²) in [5.74, 6) is 0.0790. The zero-order valence-electron chi connectivity index (χ0n) is 19.8. The second-order valence-corrected chi connectivity index (χ2v) is 12.5. The summed E-state index contributed by atoms with van der Waals surface area (Å²) in [7, 11) is -2.01. The zero-order valence-corrected chi connectivity index (χ0v) is 21.4. The molecule has 0 radical (unpaired) electrons. The van der Waals surface area contributed by atoms with Crippen molar-refractivity contribution < 1.29 is 18.0 Å². The van der Waals surface area contributed by atoms with Gasteiger partial charge < -0.3 is 9.80 Å². The molecule has 0 bridgehead atoms. The van der Waals surface area contributed by atoms with Crippen LogP contribution in [0, 0.1) is 5.92 Å². The number of hydrogen-bond acceptors (Lipinski definition) is 5. The molecule has 2 heterocycles. The summed E-state index contributed by atoms with van der Waals surface area (Å²) in [4.78, 5) is 30.2. The van der Waals surface area contributed by atoms with E-state index >= 15 is 0 Å². The molecule has 182 valence electrons. The smallest absolute Gasteiger partial charge is 0.246 e. The highest BCUT2D eigenvalue weighted by Crippen LogP contribution is 2.40. The van der Waals surface area contributed by atoms with Gasteiger partial charge in [0.25, 0.3) is 0 Å². The number of fused-ring (bicyclic) bond motifs is 1. The van der Waals surface area contributed by atoms with E-state index in [-0.39, 0.29) is 34.9 Å². The first kappa shape index (κ1) is 24.8. The molecule has 1 unspecified atom stereocenters. The third-order valence-corrected chi connectivity index (χ3v) is 9.57. The Morgan fingerprint density at radius 1 is 1.09 bits per heavy atom. The standard InChI is InChI=1S/C25H31N3O4S2/c1-18-11-13-27(14-12-18)34(31,32)21-9-10-23-22(16-21)28(24(29)15-19(2)33-23)17-25(30)26(3)20-7-5-4-6-8-20/h4-10,16,18-19H,11-15,17H2,1-3H3. The van der Waals surface area contributed by atoms with E-state index in [0.29, 0.717) is 24.7 Å². The normalized spacial score (nSPS) is 20.0. The van der Waals surface area contributed by atoms with E-state index in [2.05, 4.69) is 6.92 Å². The van der Waals surface area contributed by atoms with Crippen LogP contribution in [0.3, 0.4) is 0 Å².